The Hall–Kier alpha value is -3.39. The van der Waals surface area contributed by atoms with E-state index < -0.39 is 17.3 Å². The zero-order chi connectivity index (χ0) is 27.3. The monoisotopic (exact) mass is 522 g/mol. The molecule has 8 heteroatoms. The highest BCUT2D eigenvalue weighted by Crippen LogP contribution is 2.33. The quantitative estimate of drug-likeness (QED) is 0.525. The number of hydrogen-bond acceptors (Lipinski definition) is 6. The lowest BCUT2D eigenvalue weighted by atomic mass is 9.77. The van der Waals surface area contributed by atoms with Crippen molar-refractivity contribution in [2.45, 2.75) is 76.5 Å². The van der Waals surface area contributed by atoms with Gasteiger partial charge in [-0.1, -0.05) is 30.3 Å². The first kappa shape index (κ1) is 27.6. The van der Waals surface area contributed by atoms with Crippen molar-refractivity contribution in [2.75, 3.05) is 19.7 Å². The molecule has 8 nitrogen and oxygen atoms in total. The fraction of sp³-hybridized carbons (Fsp3) is 0.500. The van der Waals surface area contributed by atoms with Gasteiger partial charge in [0.25, 0.3) is 5.91 Å². The fourth-order valence-corrected chi connectivity index (χ4v) is 4.84. The van der Waals surface area contributed by atoms with Gasteiger partial charge in [-0.3, -0.25) is 9.59 Å². The molecule has 1 aliphatic heterocycles. The number of likely N-dealkylation sites (tertiary alicyclic amines) is 1. The van der Waals surface area contributed by atoms with Crippen LogP contribution in [0.15, 0.2) is 48.5 Å². The van der Waals surface area contributed by atoms with E-state index in [0.29, 0.717) is 49.7 Å². The van der Waals surface area contributed by atoms with Gasteiger partial charge < -0.3 is 24.8 Å². The van der Waals surface area contributed by atoms with Gasteiger partial charge in [0.15, 0.2) is 0 Å². The van der Waals surface area contributed by atoms with E-state index >= 15 is 0 Å². The zero-order valence-corrected chi connectivity index (χ0v) is 22.5. The number of piperidine rings is 1. The predicted molar refractivity (Wildman–Crippen MR) is 143 cm³/mol. The average molecular weight is 523 g/mol. The Morgan fingerprint density at radius 2 is 1.76 bits per heavy atom. The van der Waals surface area contributed by atoms with Gasteiger partial charge in [0, 0.05) is 25.2 Å². The lowest BCUT2D eigenvalue weighted by molar-refractivity contribution is -0.148. The van der Waals surface area contributed by atoms with E-state index in [4.69, 9.17) is 9.47 Å². The number of hydrogen-bond donors (Lipinski definition) is 2. The Balaban J connectivity index is 1.28. The van der Waals surface area contributed by atoms with E-state index in [2.05, 4.69) is 17.4 Å². The summed E-state index contributed by atoms with van der Waals surface area (Å²) in [5.41, 5.74) is 0.946. The Kier molecular flexibility index (Phi) is 8.41. The average Bonchev–Trinajstić information content (AvgIpc) is 2.88. The molecule has 2 aromatic rings. The predicted octanol–water partition coefficient (Wildman–Crippen LogP) is 4.59. The van der Waals surface area contributed by atoms with Gasteiger partial charge in [-0.05, 0) is 88.1 Å². The van der Waals surface area contributed by atoms with Crippen LogP contribution in [0.4, 0.5) is 4.79 Å². The van der Waals surface area contributed by atoms with Gasteiger partial charge in [0.2, 0.25) is 5.78 Å². The van der Waals surface area contributed by atoms with Crippen molar-refractivity contribution in [1.29, 1.82) is 0 Å². The number of nitrogens with zero attached hydrogens (tertiary/aromatic N) is 1. The molecular weight excluding hydrogens is 484 g/mol. The second-order valence-electron chi connectivity index (χ2n) is 11.3. The molecule has 204 valence electrons. The molecule has 2 aromatic carbocycles. The van der Waals surface area contributed by atoms with Crippen LogP contribution in [0.5, 0.6) is 5.75 Å². The third-order valence-corrected chi connectivity index (χ3v) is 7.19. The summed E-state index contributed by atoms with van der Waals surface area (Å²) in [6, 6.07) is 15.1. The maximum absolute atomic E-state index is 13.2. The number of nitrogens with one attached hydrogen (secondary N) is 1. The molecule has 4 rings (SSSR count). The molecule has 0 radical (unpaired) electrons. The van der Waals surface area contributed by atoms with Crippen LogP contribution < -0.4 is 10.1 Å². The third-order valence-electron chi connectivity index (χ3n) is 7.19. The maximum Gasteiger partial charge on any atom is 0.407 e. The molecule has 0 bridgehead atoms. The minimum Gasteiger partial charge on any atom is -0.486 e. The molecule has 2 fully saturated rings. The topological polar surface area (TPSA) is 105 Å². The van der Waals surface area contributed by atoms with Crippen LogP contribution in [0, 0.1) is 0 Å². The van der Waals surface area contributed by atoms with Crippen molar-refractivity contribution in [3.8, 4) is 5.75 Å². The summed E-state index contributed by atoms with van der Waals surface area (Å²) in [7, 11) is 0. The molecular formula is C30H38N2O6. The fourth-order valence-electron chi connectivity index (χ4n) is 4.84. The molecule has 0 spiro atoms. The summed E-state index contributed by atoms with van der Waals surface area (Å²) >= 11 is 0. The highest BCUT2D eigenvalue weighted by molar-refractivity contribution is 5.94. The highest BCUT2D eigenvalue weighted by atomic mass is 16.6. The maximum atomic E-state index is 13.2. The van der Waals surface area contributed by atoms with E-state index in [9.17, 15) is 19.5 Å². The van der Waals surface area contributed by atoms with E-state index in [-0.39, 0.29) is 18.3 Å². The number of ether oxygens (including phenoxy) is 2. The van der Waals surface area contributed by atoms with Gasteiger partial charge >= 0.3 is 6.09 Å². The van der Waals surface area contributed by atoms with Crippen molar-refractivity contribution < 1.29 is 29.0 Å². The molecule has 0 unspecified atom stereocenters. The van der Waals surface area contributed by atoms with E-state index in [1.54, 1.807) is 24.3 Å². The SMILES string of the molecule is CC(C)(C)OC(=O)NCc1cccc(C2CCN(C(=O)c3cccc(OCC(=O)C4(O)CCC4)c3)CC2)c1. The summed E-state index contributed by atoms with van der Waals surface area (Å²) in [5, 5.41) is 13.0. The highest BCUT2D eigenvalue weighted by Gasteiger charge is 2.41. The van der Waals surface area contributed by atoms with Gasteiger partial charge in [-0.25, -0.2) is 4.79 Å². The van der Waals surface area contributed by atoms with E-state index in [1.807, 2.05) is 37.8 Å². The van der Waals surface area contributed by atoms with E-state index in [0.717, 1.165) is 24.8 Å². The first-order valence-electron chi connectivity index (χ1n) is 13.4. The number of carbonyl (C=O) groups is 3. The van der Waals surface area contributed by atoms with Crippen LogP contribution in [0.2, 0.25) is 0 Å². The number of benzene rings is 2. The molecule has 0 aromatic heterocycles. The van der Waals surface area contributed by atoms with Crippen LogP contribution in [-0.2, 0) is 16.1 Å². The summed E-state index contributed by atoms with van der Waals surface area (Å²) in [5.74, 6) is 0.401. The summed E-state index contributed by atoms with van der Waals surface area (Å²) < 4.78 is 10.9. The normalized spacial score (nSPS) is 17.3. The molecule has 38 heavy (non-hydrogen) atoms. The Labute approximate surface area is 224 Å². The van der Waals surface area contributed by atoms with E-state index in [1.165, 1.54) is 5.56 Å². The number of rotatable bonds is 8. The van der Waals surface area contributed by atoms with Crippen LogP contribution >= 0.6 is 0 Å². The van der Waals surface area contributed by atoms with Gasteiger partial charge in [0.1, 0.15) is 23.6 Å². The lowest BCUT2D eigenvalue weighted by Gasteiger charge is -2.34. The minimum absolute atomic E-state index is 0.0619. The number of aliphatic hydroxyl groups is 1. The molecule has 1 saturated carbocycles. The molecule has 2 aliphatic rings. The molecule has 1 heterocycles. The molecule has 1 saturated heterocycles. The lowest BCUT2D eigenvalue weighted by Crippen LogP contribution is -2.47. The minimum atomic E-state index is -1.24. The van der Waals surface area contributed by atoms with Crippen LogP contribution in [-0.4, -0.2) is 58.7 Å². The second-order valence-corrected chi connectivity index (χ2v) is 11.3. The summed E-state index contributed by atoms with van der Waals surface area (Å²) in [6.07, 6.45) is 3.06. The third kappa shape index (κ3) is 7.13. The molecule has 2 N–H and O–H groups in total. The molecule has 0 atom stereocenters. The van der Waals surface area contributed by atoms with Crippen molar-refractivity contribution in [3.63, 3.8) is 0 Å². The number of amides is 2. The van der Waals surface area contributed by atoms with Gasteiger partial charge in [0.05, 0.1) is 0 Å². The number of carbonyl (C=O) groups excluding carboxylic acids is 3. The summed E-state index contributed by atoms with van der Waals surface area (Å²) in [6.45, 7) is 6.97. The summed E-state index contributed by atoms with van der Waals surface area (Å²) in [4.78, 5) is 39.2. The second kappa shape index (κ2) is 11.6. The zero-order valence-electron chi connectivity index (χ0n) is 22.5. The van der Waals surface area contributed by atoms with Crippen LogP contribution in [0.3, 0.4) is 0 Å². The van der Waals surface area contributed by atoms with Crippen molar-refractivity contribution in [2.24, 2.45) is 0 Å². The Morgan fingerprint density at radius 3 is 2.42 bits per heavy atom. The smallest absolute Gasteiger partial charge is 0.407 e. The first-order chi connectivity index (χ1) is 18.0. The molecule has 2 amide bonds. The number of ketones is 1. The first-order valence-corrected chi connectivity index (χ1v) is 13.4. The van der Waals surface area contributed by atoms with Crippen molar-refractivity contribution >= 4 is 17.8 Å². The van der Waals surface area contributed by atoms with Gasteiger partial charge in [-0.15, -0.1) is 0 Å². The number of Topliss-reactive ketones (excluding diaryl/α,β-unsaturated/α-hetero) is 1. The van der Waals surface area contributed by atoms with Crippen molar-refractivity contribution in [1.82, 2.24) is 10.2 Å². The van der Waals surface area contributed by atoms with Crippen LogP contribution in [0.25, 0.3) is 0 Å². The largest absolute Gasteiger partial charge is 0.486 e. The standard InChI is InChI=1S/C30H38N2O6/c1-29(2,3)38-28(35)31-19-21-7-4-8-23(17-21)22-11-15-32(16-12-22)27(34)24-9-5-10-25(18-24)37-20-26(33)30(36)13-6-14-30/h4-5,7-10,17-18,22,36H,6,11-16,19-20H2,1-3H3,(H,31,35). The molecule has 1 aliphatic carbocycles. The Bertz CT molecular complexity index is 1160. The van der Waals surface area contributed by atoms with Crippen LogP contribution in [0.1, 0.15) is 80.3 Å². The Morgan fingerprint density at radius 1 is 1.05 bits per heavy atom. The van der Waals surface area contributed by atoms with Crippen molar-refractivity contribution in [3.05, 3.63) is 65.2 Å². The van der Waals surface area contributed by atoms with Gasteiger partial charge in [-0.2, -0.15) is 0 Å². The number of alkyl carbamates (subject to hydrolysis) is 1.